The Kier molecular flexibility index (Phi) is 6.55. The van der Waals surface area contributed by atoms with Crippen LogP contribution >= 0.6 is 11.8 Å². The molecule has 4 aromatic rings. The maximum Gasteiger partial charge on any atom is 0.238 e. The van der Waals surface area contributed by atoms with Gasteiger partial charge in [-0.1, -0.05) is 53.7 Å². The van der Waals surface area contributed by atoms with Crippen molar-refractivity contribution in [1.29, 1.82) is 0 Å². The smallest absolute Gasteiger partial charge is 0.238 e. The number of fused-ring (bicyclic) bond motifs is 1. The highest BCUT2D eigenvalue weighted by Gasteiger charge is 2.16. The summed E-state index contributed by atoms with van der Waals surface area (Å²) in [6, 6.07) is 21.9. The van der Waals surface area contributed by atoms with Crippen molar-refractivity contribution >= 4 is 38.7 Å². The topological polar surface area (TPSA) is 107 Å². The van der Waals surface area contributed by atoms with Crippen LogP contribution in [0.3, 0.4) is 0 Å². The Morgan fingerprint density at radius 1 is 1.06 bits per heavy atom. The zero-order valence-corrected chi connectivity index (χ0v) is 19.9. The van der Waals surface area contributed by atoms with Crippen LogP contribution < -0.4 is 10.5 Å². The predicted molar refractivity (Wildman–Crippen MR) is 131 cm³/mol. The highest BCUT2D eigenvalue weighted by atomic mass is 32.2. The quantitative estimate of drug-likeness (QED) is 0.390. The summed E-state index contributed by atoms with van der Waals surface area (Å²) < 4.78 is 24.9. The zero-order chi connectivity index (χ0) is 23.6. The lowest BCUT2D eigenvalue weighted by atomic mass is 10.1. The minimum atomic E-state index is -3.75. The number of nitrogens with two attached hydrogens (primary N) is 1. The molecule has 33 heavy (non-hydrogen) atoms. The van der Waals surface area contributed by atoms with Gasteiger partial charge in [-0.25, -0.2) is 18.5 Å². The standard InChI is InChI=1S/C24H24N4O3S2/c1-16-7-11-19(12-8-16)28-22-6-4-3-5-21(22)27-24(28)32-15-23(29)26-17(2)18-9-13-20(14-10-18)33(25,30)31/h3-14,17H,15H2,1-2H3,(H,26,29)(H2,25,30,31)/t17-/m1/s1. The molecule has 0 radical (unpaired) electrons. The monoisotopic (exact) mass is 480 g/mol. The molecule has 0 aliphatic rings. The van der Waals surface area contributed by atoms with E-state index in [1.54, 1.807) is 12.1 Å². The van der Waals surface area contributed by atoms with Gasteiger partial charge in [0.1, 0.15) is 0 Å². The second-order valence-electron chi connectivity index (χ2n) is 7.75. The van der Waals surface area contributed by atoms with Gasteiger partial charge >= 0.3 is 0 Å². The number of carbonyl (C=O) groups is 1. The number of carbonyl (C=O) groups excluding carboxylic acids is 1. The Morgan fingerprint density at radius 2 is 1.73 bits per heavy atom. The van der Waals surface area contributed by atoms with Crippen LogP contribution in [0.25, 0.3) is 16.7 Å². The second kappa shape index (κ2) is 9.38. The fraction of sp³-hybridized carbons (Fsp3) is 0.167. The van der Waals surface area contributed by atoms with Gasteiger partial charge < -0.3 is 5.32 Å². The number of hydrogen-bond acceptors (Lipinski definition) is 5. The van der Waals surface area contributed by atoms with Crippen LogP contribution in [0.4, 0.5) is 0 Å². The number of aromatic nitrogens is 2. The Morgan fingerprint density at radius 3 is 2.39 bits per heavy atom. The molecule has 0 saturated heterocycles. The largest absolute Gasteiger partial charge is 0.349 e. The molecular weight excluding hydrogens is 456 g/mol. The molecule has 0 aliphatic carbocycles. The van der Waals surface area contributed by atoms with E-state index in [1.165, 1.54) is 29.5 Å². The molecule has 7 nitrogen and oxygen atoms in total. The van der Waals surface area contributed by atoms with Crippen molar-refractivity contribution < 1.29 is 13.2 Å². The van der Waals surface area contributed by atoms with Crippen LogP contribution in [0.1, 0.15) is 24.1 Å². The third-order valence-corrected chi connectivity index (χ3v) is 7.11. The minimum absolute atomic E-state index is 0.0374. The number of hydrogen-bond donors (Lipinski definition) is 2. The molecule has 0 spiro atoms. The van der Waals surface area contributed by atoms with E-state index >= 15 is 0 Å². The van der Waals surface area contributed by atoms with Crippen LogP contribution in [-0.2, 0) is 14.8 Å². The van der Waals surface area contributed by atoms with Crippen LogP contribution in [0.2, 0.25) is 0 Å². The van der Waals surface area contributed by atoms with Gasteiger partial charge in [-0.3, -0.25) is 9.36 Å². The van der Waals surface area contributed by atoms with Gasteiger partial charge in [0, 0.05) is 5.69 Å². The SMILES string of the molecule is Cc1ccc(-n2c(SCC(=O)N[C@H](C)c3ccc(S(N)(=O)=O)cc3)nc3ccccc32)cc1. The lowest BCUT2D eigenvalue weighted by Crippen LogP contribution is -2.28. The van der Waals surface area contributed by atoms with Crippen molar-refractivity contribution in [3.8, 4) is 5.69 Å². The molecule has 0 aliphatic heterocycles. The first-order chi connectivity index (χ1) is 15.7. The maximum atomic E-state index is 12.6. The summed E-state index contributed by atoms with van der Waals surface area (Å²) in [5, 5.41) is 8.82. The van der Waals surface area contributed by atoms with E-state index in [-0.39, 0.29) is 22.6 Å². The average Bonchev–Trinajstić information content (AvgIpc) is 3.16. The number of benzene rings is 3. The molecule has 0 bridgehead atoms. The third-order valence-electron chi connectivity index (χ3n) is 5.24. The predicted octanol–water partition coefficient (Wildman–Crippen LogP) is 3.95. The van der Waals surface area contributed by atoms with Gasteiger partial charge in [0.05, 0.1) is 27.7 Å². The molecule has 1 atom stereocenters. The van der Waals surface area contributed by atoms with E-state index in [0.717, 1.165) is 27.4 Å². The van der Waals surface area contributed by atoms with E-state index in [2.05, 4.69) is 9.88 Å². The summed E-state index contributed by atoms with van der Waals surface area (Å²) in [6.45, 7) is 3.88. The van der Waals surface area contributed by atoms with Crippen LogP contribution in [-0.4, -0.2) is 29.6 Å². The number of imidazole rings is 1. The fourth-order valence-corrected chi connectivity index (χ4v) is 4.84. The van der Waals surface area contributed by atoms with Gasteiger partial charge in [-0.2, -0.15) is 0 Å². The Balaban J connectivity index is 1.49. The molecule has 3 aromatic carbocycles. The molecule has 4 rings (SSSR count). The summed E-state index contributed by atoms with van der Waals surface area (Å²) in [6.07, 6.45) is 0. The van der Waals surface area contributed by atoms with Crippen molar-refractivity contribution in [2.24, 2.45) is 5.14 Å². The average molecular weight is 481 g/mol. The second-order valence-corrected chi connectivity index (χ2v) is 10.2. The van der Waals surface area contributed by atoms with E-state index in [9.17, 15) is 13.2 Å². The van der Waals surface area contributed by atoms with E-state index in [4.69, 9.17) is 10.1 Å². The lowest BCUT2D eigenvalue weighted by Gasteiger charge is -2.15. The van der Waals surface area contributed by atoms with Crippen molar-refractivity contribution in [3.63, 3.8) is 0 Å². The molecule has 1 aromatic heterocycles. The van der Waals surface area contributed by atoms with Crippen molar-refractivity contribution in [3.05, 3.63) is 83.9 Å². The summed E-state index contributed by atoms with van der Waals surface area (Å²) >= 11 is 1.37. The molecular formula is C24H24N4O3S2. The first-order valence-electron chi connectivity index (χ1n) is 10.3. The number of sulfonamides is 1. The van der Waals surface area contributed by atoms with Crippen LogP contribution in [0.5, 0.6) is 0 Å². The fourth-order valence-electron chi connectivity index (χ4n) is 3.49. The molecule has 9 heteroatoms. The summed E-state index contributed by atoms with van der Waals surface area (Å²) in [5.41, 5.74) is 4.79. The Bertz CT molecular complexity index is 1400. The molecule has 3 N–H and O–H groups in total. The van der Waals surface area contributed by atoms with Gasteiger partial charge in [0.15, 0.2) is 5.16 Å². The first-order valence-corrected chi connectivity index (χ1v) is 12.8. The number of primary sulfonamides is 1. The van der Waals surface area contributed by atoms with Crippen molar-refractivity contribution in [2.45, 2.75) is 29.9 Å². The normalized spacial score (nSPS) is 12.6. The molecule has 0 unspecified atom stereocenters. The van der Waals surface area contributed by atoms with Crippen LogP contribution in [0, 0.1) is 6.92 Å². The first kappa shape index (κ1) is 23.0. The molecule has 170 valence electrons. The molecule has 1 amide bonds. The summed E-state index contributed by atoms with van der Waals surface area (Å²) in [5.74, 6) is 0.0416. The zero-order valence-electron chi connectivity index (χ0n) is 18.2. The highest BCUT2D eigenvalue weighted by Crippen LogP contribution is 2.28. The number of nitrogens with one attached hydrogen (secondary N) is 1. The highest BCUT2D eigenvalue weighted by molar-refractivity contribution is 7.99. The maximum absolute atomic E-state index is 12.6. The van der Waals surface area contributed by atoms with E-state index in [1.807, 2.05) is 62.4 Å². The Hall–Kier alpha value is -3.14. The van der Waals surface area contributed by atoms with E-state index in [0.29, 0.717) is 0 Å². The summed E-state index contributed by atoms with van der Waals surface area (Å²) in [4.78, 5) is 17.4. The van der Waals surface area contributed by atoms with Crippen LogP contribution in [0.15, 0.2) is 82.8 Å². The Labute approximate surface area is 197 Å². The third kappa shape index (κ3) is 5.27. The lowest BCUT2D eigenvalue weighted by molar-refractivity contribution is -0.119. The minimum Gasteiger partial charge on any atom is -0.349 e. The molecule has 0 fully saturated rings. The van der Waals surface area contributed by atoms with Gasteiger partial charge in [-0.15, -0.1) is 0 Å². The number of para-hydroxylation sites is 2. The van der Waals surface area contributed by atoms with Crippen molar-refractivity contribution in [1.82, 2.24) is 14.9 Å². The van der Waals surface area contributed by atoms with Crippen molar-refractivity contribution in [2.75, 3.05) is 5.75 Å². The number of thioether (sulfide) groups is 1. The summed E-state index contributed by atoms with van der Waals surface area (Å²) in [7, 11) is -3.75. The molecule has 0 saturated carbocycles. The number of aryl methyl sites for hydroxylation is 1. The molecule has 1 heterocycles. The number of amides is 1. The number of rotatable bonds is 7. The van der Waals surface area contributed by atoms with Gasteiger partial charge in [0.2, 0.25) is 15.9 Å². The van der Waals surface area contributed by atoms with Gasteiger partial charge in [0.25, 0.3) is 0 Å². The van der Waals surface area contributed by atoms with E-state index < -0.39 is 10.0 Å². The van der Waals surface area contributed by atoms with Gasteiger partial charge in [-0.05, 0) is 55.8 Å². The number of nitrogens with zero attached hydrogens (tertiary/aromatic N) is 2.